The molecule has 0 saturated heterocycles. The summed E-state index contributed by atoms with van der Waals surface area (Å²) in [6.45, 7) is 0. The molecule has 2 aliphatic carbocycles. The van der Waals surface area contributed by atoms with E-state index in [0.29, 0.717) is 18.2 Å². The van der Waals surface area contributed by atoms with E-state index in [4.69, 9.17) is 0 Å². The number of hydrogen-bond acceptors (Lipinski definition) is 2. The third kappa shape index (κ3) is 1.93. The summed E-state index contributed by atoms with van der Waals surface area (Å²) in [7, 11) is 0. The van der Waals surface area contributed by atoms with Crippen LogP contribution in [0.25, 0.3) is 0 Å². The van der Waals surface area contributed by atoms with Gasteiger partial charge in [-0.15, -0.1) is 0 Å². The number of aliphatic hydroxyl groups excluding tert-OH is 1. The third-order valence-corrected chi connectivity index (χ3v) is 4.20. The molecule has 2 aliphatic rings. The van der Waals surface area contributed by atoms with Gasteiger partial charge < -0.3 is 9.67 Å². The van der Waals surface area contributed by atoms with Gasteiger partial charge in [-0.2, -0.15) is 0 Å². The largest absolute Gasteiger partial charge is 0.393 e. The molecule has 0 spiro atoms. The van der Waals surface area contributed by atoms with Crippen LogP contribution in [0.15, 0.2) is 12.3 Å². The molecule has 3 nitrogen and oxygen atoms in total. The van der Waals surface area contributed by atoms with Gasteiger partial charge >= 0.3 is 0 Å². The zero-order valence-corrected chi connectivity index (χ0v) is 10.1. The highest BCUT2D eigenvalue weighted by molar-refractivity contribution is 5.98. The first-order valence-corrected chi connectivity index (χ1v) is 6.66. The van der Waals surface area contributed by atoms with Crippen molar-refractivity contribution in [1.82, 2.24) is 4.57 Å². The van der Waals surface area contributed by atoms with Gasteiger partial charge in [-0.3, -0.25) is 4.79 Å². The summed E-state index contributed by atoms with van der Waals surface area (Å²) < 4.78 is 2.30. The Hall–Kier alpha value is -1.09. The Morgan fingerprint density at radius 1 is 1.18 bits per heavy atom. The van der Waals surface area contributed by atoms with Crippen LogP contribution in [-0.2, 0) is 6.42 Å². The Kier molecular flexibility index (Phi) is 2.79. The summed E-state index contributed by atoms with van der Waals surface area (Å²) >= 11 is 0. The SMILES string of the molecule is O=C1CCCc2c1ccn2C1CCC(O)CC1. The first-order chi connectivity index (χ1) is 8.25. The zero-order valence-electron chi connectivity index (χ0n) is 10.1. The van der Waals surface area contributed by atoms with E-state index >= 15 is 0 Å². The second-order valence-corrected chi connectivity index (χ2v) is 5.32. The Bertz CT molecular complexity index is 427. The highest BCUT2D eigenvalue weighted by atomic mass is 16.3. The van der Waals surface area contributed by atoms with Crippen LogP contribution >= 0.6 is 0 Å². The molecule has 1 heterocycles. The van der Waals surface area contributed by atoms with Crippen molar-refractivity contribution in [3.05, 3.63) is 23.5 Å². The maximum Gasteiger partial charge on any atom is 0.164 e. The average Bonchev–Trinajstić information content (AvgIpc) is 2.75. The zero-order chi connectivity index (χ0) is 11.8. The minimum Gasteiger partial charge on any atom is -0.393 e. The molecule has 92 valence electrons. The van der Waals surface area contributed by atoms with Crippen LogP contribution in [0.4, 0.5) is 0 Å². The lowest BCUT2D eigenvalue weighted by Gasteiger charge is -2.29. The molecule has 0 radical (unpaired) electrons. The van der Waals surface area contributed by atoms with E-state index in [2.05, 4.69) is 10.8 Å². The molecule has 1 aromatic rings. The number of aliphatic hydroxyl groups is 1. The summed E-state index contributed by atoms with van der Waals surface area (Å²) in [4.78, 5) is 11.8. The lowest BCUT2D eigenvalue weighted by Crippen LogP contribution is -2.23. The fraction of sp³-hybridized carbons (Fsp3) is 0.643. The van der Waals surface area contributed by atoms with E-state index in [1.807, 2.05) is 6.07 Å². The second kappa shape index (κ2) is 4.30. The summed E-state index contributed by atoms with van der Waals surface area (Å²) in [6.07, 6.45) is 8.57. The molecule has 0 unspecified atom stereocenters. The molecule has 17 heavy (non-hydrogen) atoms. The lowest BCUT2D eigenvalue weighted by atomic mass is 9.91. The molecule has 0 aliphatic heterocycles. The molecule has 3 heteroatoms. The van der Waals surface area contributed by atoms with Gasteiger partial charge in [0.1, 0.15) is 0 Å². The number of carbonyl (C=O) groups is 1. The Morgan fingerprint density at radius 3 is 2.71 bits per heavy atom. The third-order valence-electron chi connectivity index (χ3n) is 4.20. The van der Waals surface area contributed by atoms with Gasteiger partial charge in [0, 0.05) is 29.9 Å². The van der Waals surface area contributed by atoms with Gasteiger partial charge in [-0.1, -0.05) is 0 Å². The topological polar surface area (TPSA) is 42.2 Å². The normalized spacial score (nSPS) is 29.1. The van der Waals surface area contributed by atoms with E-state index in [-0.39, 0.29) is 6.10 Å². The van der Waals surface area contributed by atoms with Crippen molar-refractivity contribution in [2.24, 2.45) is 0 Å². The number of Topliss-reactive ketones (excluding diaryl/α,β-unsaturated/α-hetero) is 1. The molecular formula is C14H19NO2. The van der Waals surface area contributed by atoms with Crippen molar-refractivity contribution in [1.29, 1.82) is 0 Å². The minimum absolute atomic E-state index is 0.112. The van der Waals surface area contributed by atoms with E-state index in [1.165, 1.54) is 5.69 Å². The highest BCUT2D eigenvalue weighted by Gasteiger charge is 2.26. The van der Waals surface area contributed by atoms with Crippen LogP contribution in [0.5, 0.6) is 0 Å². The van der Waals surface area contributed by atoms with Gasteiger partial charge in [-0.05, 0) is 44.6 Å². The lowest BCUT2D eigenvalue weighted by molar-refractivity contribution is 0.0966. The minimum atomic E-state index is -0.112. The molecule has 3 rings (SSSR count). The number of rotatable bonds is 1. The fourth-order valence-electron chi connectivity index (χ4n) is 3.23. The number of ketones is 1. The maximum absolute atomic E-state index is 11.8. The van der Waals surface area contributed by atoms with Gasteiger partial charge in [-0.25, -0.2) is 0 Å². The molecule has 1 saturated carbocycles. The van der Waals surface area contributed by atoms with Crippen molar-refractivity contribution in [2.75, 3.05) is 0 Å². The summed E-state index contributed by atoms with van der Waals surface area (Å²) in [6, 6.07) is 2.48. The average molecular weight is 233 g/mol. The van der Waals surface area contributed by atoms with Crippen LogP contribution in [-0.4, -0.2) is 21.6 Å². The predicted octanol–water partition coefficient (Wildman–Crippen LogP) is 2.48. The number of fused-ring (bicyclic) bond motifs is 1. The molecule has 1 aromatic heterocycles. The molecular weight excluding hydrogens is 214 g/mol. The van der Waals surface area contributed by atoms with Gasteiger partial charge in [0.25, 0.3) is 0 Å². The van der Waals surface area contributed by atoms with Crippen LogP contribution in [0.1, 0.15) is 60.6 Å². The second-order valence-electron chi connectivity index (χ2n) is 5.32. The first kappa shape index (κ1) is 11.0. The Labute approximate surface area is 101 Å². The molecule has 1 fully saturated rings. The number of aromatic nitrogens is 1. The van der Waals surface area contributed by atoms with E-state index in [0.717, 1.165) is 44.1 Å². The van der Waals surface area contributed by atoms with Crippen molar-refractivity contribution in [2.45, 2.75) is 57.1 Å². The van der Waals surface area contributed by atoms with E-state index in [1.54, 1.807) is 0 Å². The Balaban J connectivity index is 1.86. The van der Waals surface area contributed by atoms with Crippen molar-refractivity contribution >= 4 is 5.78 Å². The first-order valence-electron chi connectivity index (χ1n) is 6.66. The predicted molar refractivity (Wildman–Crippen MR) is 65.2 cm³/mol. The van der Waals surface area contributed by atoms with Crippen LogP contribution < -0.4 is 0 Å². The van der Waals surface area contributed by atoms with Gasteiger partial charge in [0.15, 0.2) is 5.78 Å². The molecule has 1 N–H and O–H groups in total. The quantitative estimate of drug-likeness (QED) is 0.809. The number of carbonyl (C=O) groups excluding carboxylic acids is 1. The van der Waals surface area contributed by atoms with Gasteiger partial charge in [0.05, 0.1) is 6.10 Å². The summed E-state index contributed by atoms with van der Waals surface area (Å²) in [5, 5.41) is 9.54. The standard InChI is InChI=1S/C14H19NO2/c16-11-6-4-10(5-7-11)15-9-8-12-13(15)2-1-3-14(12)17/h8-11,16H,1-7H2. The summed E-state index contributed by atoms with van der Waals surface area (Å²) in [5.41, 5.74) is 2.19. The van der Waals surface area contributed by atoms with E-state index in [9.17, 15) is 9.90 Å². The fourth-order valence-corrected chi connectivity index (χ4v) is 3.23. The molecule has 0 amide bonds. The Morgan fingerprint density at radius 2 is 1.94 bits per heavy atom. The maximum atomic E-state index is 11.8. The number of hydrogen-bond donors (Lipinski definition) is 1. The van der Waals surface area contributed by atoms with Crippen LogP contribution in [0, 0.1) is 0 Å². The van der Waals surface area contributed by atoms with Crippen molar-refractivity contribution in [3.63, 3.8) is 0 Å². The molecule has 0 bridgehead atoms. The molecule has 0 aromatic carbocycles. The van der Waals surface area contributed by atoms with Gasteiger partial charge in [0.2, 0.25) is 0 Å². The number of nitrogens with zero attached hydrogens (tertiary/aromatic N) is 1. The van der Waals surface area contributed by atoms with E-state index < -0.39 is 0 Å². The smallest absolute Gasteiger partial charge is 0.164 e. The van der Waals surface area contributed by atoms with Crippen LogP contribution in [0.2, 0.25) is 0 Å². The highest BCUT2D eigenvalue weighted by Crippen LogP contribution is 2.33. The molecule has 0 atom stereocenters. The monoisotopic (exact) mass is 233 g/mol. The summed E-state index contributed by atoms with van der Waals surface area (Å²) in [5.74, 6) is 0.306. The van der Waals surface area contributed by atoms with Crippen molar-refractivity contribution < 1.29 is 9.90 Å². The van der Waals surface area contributed by atoms with Crippen LogP contribution in [0.3, 0.4) is 0 Å². The van der Waals surface area contributed by atoms with Crippen molar-refractivity contribution in [3.8, 4) is 0 Å².